The van der Waals surface area contributed by atoms with Crippen molar-refractivity contribution in [2.24, 2.45) is 0 Å². The van der Waals surface area contributed by atoms with Gasteiger partial charge in [0.1, 0.15) is 12.4 Å². The second-order valence-electron chi connectivity index (χ2n) is 5.76. The smallest absolute Gasteiger partial charge is 0.174 e. The molecule has 21 heavy (non-hydrogen) atoms. The first-order valence-electron chi connectivity index (χ1n) is 6.60. The molecular formula is C15H18Br2N2O2. The van der Waals surface area contributed by atoms with Crippen molar-refractivity contribution in [3.8, 4) is 5.75 Å². The molecular weight excluding hydrogens is 400 g/mol. The fourth-order valence-corrected chi connectivity index (χ4v) is 3.19. The summed E-state index contributed by atoms with van der Waals surface area (Å²) >= 11 is 7.11. The molecule has 1 N–H and O–H groups in total. The van der Waals surface area contributed by atoms with Crippen LogP contribution in [-0.2, 0) is 13.2 Å². The van der Waals surface area contributed by atoms with E-state index in [0.717, 1.165) is 21.2 Å². The Bertz CT molecular complexity index is 569. The Labute approximate surface area is 141 Å². The average Bonchev–Trinajstić information content (AvgIpc) is 2.87. The Balaban J connectivity index is 2.06. The molecule has 0 unspecified atom stereocenters. The lowest BCUT2D eigenvalue weighted by molar-refractivity contribution is 0.247. The number of hydrogen-bond acceptors (Lipinski definition) is 4. The van der Waals surface area contributed by atoms with Crippen LogP contribution < -0.4 is 10.1 Å². The summed E-state index contributed by atoms with van der Waals surface area (Å²) in [6.07, 6.45) is 1.60. The normalized spacial score (nSPS) is 11.7. The standard InChI is InChI=1S/C15H18Br2N2O2/c1-15(2,3)18-8-10-6-12(16)14(13(17)7-10)20-9-11-4-5-19-21-11/h4-7,18H,8-9H2,1-3H3. The van der Waals surface area contributed by atoms with Gasteiger partial charge in [-0.25, -0.2) is 0 Å². The quantitative estimate of drug-likeness (QED) is 0.767. The molecule has 0 amide bonds. The second kappa shape index (κ2) is 6.94. The van der Waals surface area contributed by atoms with Crippen molar-refractivity contribution in [2.45, 2.75) is 39.5 Å². The molecule has 4 nitrogen and oxygen atoms in total. The van der Waals surface area contributed by atoms with Crippen LogP contribution in [0, 0.1) is 0 Å². The number of halogens is 2. The van der Waals surface area contributed by atoms with Crippen LogP contribution >= 0.6 is 31.9 Å². The first-order chi connectivity index (χ1) is 9.85. The summed E-state index contributed by atoms with van der Waals surface area (Å²) in [4.78, 5) is 0. The van der Waals surface area contributed by atoms with Crippen molar-refractivity contribution in [1.29, 1.82) is 0 Å². The van der Waals surface area contributed by atoms with E-state index in [2.05, 4.69) is 75.2 Å². The molecule has 1 aromatic carbocycles. The Kier molecular flexibility index (Phi) is 5.46. The zero-order chi connectivity index (χ0) is 15.5. The van der Waals surface area contributed by atoms with E-state index in [9.17, 15) is 0 Å². The van der Waals surface area contributed by atoms with Gasteiger partial charge >= 0.3 is 0 Å². The lowest BCUT2D eigenvalue weighted by Gasteiger charge is -2.21. The summed E-state index contributed by atoms with van der Waals surface area (Å²) in [6, 6.07) is 5.89. The maximum atomic E-state index is 5.76. The van der Waals surface area contributed by atoms with E-state index in [4.69, 9.17) is 9.26 Å². The topological polar surface area (TPSA) is 47.3 Å². The van der Waals surface area contributed by atoms with Gasteiger partial charge in [0.15, 0.2) is 5.76 Å². The van der Waals surface area contributed by atoms with Crippen LogP contribution in [0.1, 0.15) is 32.1 Å². The van der Waals surface area contributed by atoms with E-state index < -0.39 is 0 Å². The van der Waals surface area contributed by atoms with E-state index in [-0.39, 0.29) is 5.54 Å². The number of hydrogen-bond donors (Lipinski definition) is 1. The molecule has 0 aliphatic heterocycles. The molecule has 0 fully saturated rings. The van der Waals surface area contributed by atoms with Crippen molar-refractivity contribution in [2.75, 3.05) is 0 Å². The zero-order valence-corrected chi connectivity index (χ0v) is 15.4. The highest BCUT2D eigenvalue weighted by Gasteiger charge is 2.13. The third-order valence-corrected chi connectivity index (χ3v) is 3.91. The van der Waals surface area contributed by atoms with Gasteiger partial charge < -0.3 is 14.6 Å². The second-order valence-corrected chi connectivity index (χ2v) is 7.47. The van der Waals surface area contributed by atoms with E-state index in [1.807, 2.05) is 0 Å². The average molecular weight is 418 g/mol. The number of nitrogens with zero attached hydrogens (tertiary/aromatic N) is 1. The highest BCUT2D eigenvalue weighted by atomic mass is 79.9. The predicted molar refractivity (Wildman–Crippen MR) is 89.3 cm³/mol. The monoisotopic (exact) mass is 416 g/mol. The van der Waals surface area contributed by atoms with Crippen molar-refractivity contribution in [1.82, 2.24) is 10.5 Å². The SMILES string of the molecule is CC(C)(C)NCc1cc(Br)c(OCc2ccno2)c(Br)c1. The number of benzene rings is 1. The molecule has 2 aromatic rings. The molecule has 1 heterocycles. The minimum Gasteiger partial charge on any atom is -0.483 e. The zero-order valence-electron chi connectivity index (χ0n) is 12.2. The predicted octanol–water partition coefficient (Wildman–Crippen LogP) is 4.67. The molecule has 0 aliphatic rings. The molecule has 6 heteroatoms. The largest absolute Gasteiger partial charge is 0.483 e. The van der Waals surface area contributed by atoms with Crippen molar-refractivity contribution >= 4 is 31.9 Å². The highest BCUT2D eigenvalue weighted by molar-refractivity contribution is 9.11. The van der Waals surface area contributed by atoms with E-state index in [0.29, 0.717) is 12.4 Å². The summed E-state index contributed by atoms with van der Waals surface area (Å²) < 4.78 is 12.6. The van der Waals surface area contributed by atoms with Gasteiger partial charge in [-0.1, -0.05) is 5.16 Å². The first-order valence-corrected chi connectivity index (χ1v) is 8.19. The Morgan fingerprint density at radius 1 is 1.24 bits per heavy atom. The number of nitrogens with one attached hydrogen (secondary N) is 1. The Morgan fingerprint density at radius 2 is 1.90 bits per heavy atom. The van der Waals surface area contributed by atoms with Crippen LogP contribution in [0.15, 0.2) is 37.9 Å². The molecule has 0 aliphatic carbocycles. The summed E-state index contributed by atoms with van der Waals surface area (Å²) in [5.74, 6) is 1.44. The van der Waals surface area contributed by atoms with Crippen LogP contribution in [0.4, 0.5) is 0 Å². The van der Waals surface area contributed by atoms with Crippen molar-refractivity contribution < 1.29 is 9.26 Å². The van der Waals surface area contributed by atoms with Crippen LogP contribution in [0.5, 0.6) is 5.75 Å². The van der Waals surface area contributed by atoms with Gasteiger partial charge in [0.2, 0.25) is 0 Å². The van der Waals surface area contributed by atoms with Crippen LogP contribution in [-0.4, -0.2) is 10.7 Å². The van der Waals surface area contributed by atoms with E-state index >= 15 is 0 Å². The third kappa shape index (κ3) is 5.13. The van der Waals surface area contributed by atoms with Crippen molar-refractivity contribution in [3.63, 3.8) is 0 Å². The fraction of sp³-hybridized carbons (Fsp3) is 0.400. The molecule has 0 spiro atoms. The van der Waals surface area contributed by atoms with Gasteiger partial charge in [-0.2, -0.15) is 0 Å². The van der Waals surface area contributed by atoms with Gasteiger partial charge in [0.25, 0.3) is 0 Å². The summed E-state index contributed by atoms with van der Waals surface area (Å²) in [6.45, 7) is 7.57. The molecule has 0 radical (unpaired) electrons. The van der Waals surface area contributed by atoms with Crippen LogP contribution in [0.25, 0.3) is 0 Å². The highest BCUT2D eigenvalue weighted by Crippen LogP contribution is 2.35. The van der Waals surface area contributed by atoms with Crippen LogP contribution in [0.2, 0.25) is 0 Å². The molecule has 0 saturated heterocycles. The molecule has 0 bridgehead atoms. The fourth-order valence-electron chi connectivity index (χ4n) is 1.68. The van der Waals surface area contributed by atoms with E-state index in [1.54, 1.807) is 12.3 Å². The lowest BCUT2D eigenvalue weighted by atomic mass is 10.1. The summed E-state index contributed by atoms with van der Waals surface area (Å²) in [5, 5.41) is 7.11. The van der Waals surface area contributed by atoms with Gasteiger partial charge in [-0.3, -0.25) is 0 Å². The minimum atomic E-state index is 0.0837. The number of ether oxygens (including phenoxy) is 1. The minimum absolute atomic E-state index is 0.0837. The Morgan fingerprint density at radius 3 is 2.43 bits per heavy atom. The maximum absolute atomic E-state index is 5.76. The van der Waals surface area contributed by atoms with Gasteiger partial charge in [0, 0.05) is 18.2 Å². The third-order valence-electron chi connectivity index (χ3n) is 2.73. The number of rotatable bonds is 5. The van der Waals surface area contributed by atoms with Gasteiger partial charge in [-0.05, 0) is 70.3 Å². The van der Waals surface area contributed by atoms with Crippen molar-refractivity contribution in [3.05, 3.63) is 44.7 Å². The van der Waals surface area contributed by atoms with Gasteiger partial charge in [-0.15, -0.1) is 0 Å². The molecule has 2 rings (SSSR count). The Hall–Kier alpha value is -0.850. The van der Waals surface area contributed by atoms with Gasteiger partial charge in [0.05, 0.1) is 15.1 Å². The van der Waals surface area contributed by atoms with E-state index in [1.165, 1.54) is 5.56 Å². The first kappa shape index (κ1) is 16.5. The molecule has 114 valence electrons. The summed E-state index contributed by atoms with van der Waals surface area (Å²) in [5.41, 5.74) is 1.26. The summed E-state index contributed by atoms with van der Waals surface area (Å²) in [7, 11) is 0. The molecule has 0 atom stereocenters. The van der Waals surface area contributed by atoms with Crippen LogP contribution in [0.3, 0.4) is 0 Å². The molecule has 1 aromatic heterocycles. The maximum Gasteiger partial charge on any atom is 0.174 e. The molecule has 0 saturated carbocycles. The lowest BCUT2D eigenvalue weighted by Crippen LogP contribution is -2.35. The number of aromatic nitrogens is 1.